The fourth-order valence-corrected chi connectivity index (χ4v) is 9.87. The van der Waals surface area contributed by atoms with Crippen LogP contribution in [0.1, 0.15) is 106 Å². The zero-order valence-electron chi connectivity index (χ0n) is 25.4. The molecule has 0 radical (unpaired) electrons. The average molecular weight is 551 g/mol. The molecule has 0 heterocycles. The van der Waals surface area contributed by atoms with Crippen molar-refractivity contribution in [2.45, 2.75) is 124 Å². The molecule has 4 aliphatic carbocycles. The maximum absolute atomic E-state index is 12.8. The quantitative estimate of drug-likeness (QED) is 0.198. The van der Waals surface area contributed by atoms with Crippen molar-refractivity contribution in [1.82, 2.24) is 0 Å². The van der Waals surface area contributed by atoms with Crippen molar-refractivity contribution in [2.24, 2.45) is 58.2 Å². The van der Waals surface area contributed by atoms with E-state index in [9.17, 15) is 14.7 Å². The molecule has 0 aromatic carbocycles. The first-order valence-corrected chi connectivity index (χ1v) is 15.6. The minimum atomic E-state index is -0.523. The molecule has 224 valence electrons. The molecule has 0 amide bonds. The highest BCUT2D eigenvalue weighted by Crippen LogP contribution is 2.68. The standard InChI is InChI=1S/C32H54O7/c1-18(8-9-19(2)39-36)25-12-13-26-24-11-10-22-16-23(38-30(35)21(4)20(3)29(34)37-7)14-15-31(22,5)27(24)17-28(33)32(25,26)6/h18-28,33,36H,8-17H2,1-7H3. The van der Waals surface area contributed by atoms with Crippen LogP contribution < -0.4 is 0 Å². The molecule has 13 unspecified atom stereocenters. The summed E-state index contributed by atoms with van der Waals surface area (Å²) in [5, 5.41) is 20.8. The molecule has 39 heavy (non-hydrogen) atoms. The second-order valence-electron chi connectivity index (χ2n) is 14.4. The van der Waals surface area contributed by atoms with Crippen molar-refractivity contribution in [3.63, 3.8) is 0 Å². The Balaban J connectivity index is 1.41. The number of hydrogen-bond donors (Lipinski definition) is 2. The van der Waals surface area contributed by atoms with Crippen LogP contribution in [0.15, 0.2) is 0 Å². The highest BCUT2D eigenvalue weighted by atomic mass is 17.1. The predicted molar refractivity (Wildman–Crippen MR) is 148 cm³/mol. The topological polar surface area (TPSA) is 102 Å². The Labute approximate surface area is 235 Å². The number of aliphatic hydroxyl groups excluding tert-OH is 1. The molecule has 13 atom stereocenters. The number of esters is 2. The van der Waals surface area contributed by atoms with Crippen molar-refractivity contribution in [1.29, 1.82) is 0 Å². The SMILES string of the molecule is COC(=O)C(C)C(C)C(=O)OC1CCC2(C)C(CCC3C2CC(O)C2(C)C(C(C)CCC(C)OO)CCC32)C1. The number of ether oxygens (including phenoxy) is 2. The van der Waals surface area contributed by atoms with Crippen LogP contribution in [0.4, 0.5) is 0 Å². The summed E-state index contributed by atoms with van der Waals surface area (Å²) in [5.41, 5.74) is 0.114. The van der Waals surface area contributed by atoms with E-state index in [1.54, 1.807) is 13.8 Å². The second kappa shape index (κ2) is 12.0. The van der Waals surface area contributed by atoms with E-state index in [2.05, 4.69) is 25.7 Å². The van der Waals surface area contributed by atoms with Gasteiger partial charge in [-0.3, -0.25) is 14.8 Å². The van der Waals surface area contributed by atoms with E-state index < -0.39 is 11.8 Å². The highest BCUT2D eigenvalue weighted by Gasteiger charge is 2.63. The first kappa shape index (κ1) is 30.8. The summed E-state index contributed by atoms with van der Waals surface area (Å²) in [4.78, 5) is 29.3. The molecule has 2 N–H and O–H groups in total. The molecule has 0 saturated heterocycles. The zero-order valence-corrected chi connectivity index (χ0v) is 25.4. The number of methoxy groups -OCH3 is 1. The number of carbonyl (C=O) groups is 2. The van der Waals surface area contributed by atoms with Crippen molar-refractivity contribution in [3.05, 3.63) is 0 Å². The molecular weight excluding hydrogens is 496 g/mol. The first-order valence-electron chi connectivity index (χ1n) is 15.6. The van der Waals surface area contributed by atoms with Gasteiger partial charge < -0.3 is 14.6 Å². The van der Waals surface area contributed by atoms with E-state index in [0.29, 0.717) is 35.5 Å². The van der Waals surface area contributed by atoms with Crippen molar-refractivity contribution < 1.29 is 34.3 Å². The Morgan fingerprint density at radius 2 is 1.59 bits per heavy atom. The van der Waals surface area contributed by atoms with Crippen LogP contribution in [0.3, 0.4) is 0 Å². The second-order valence-corrected chi connectivity index (χ2v) is 14.4. The van der Waals surface area contributed by atoms with Gasteiger partial charge in [0, 0.05) is 0 Å². The van der Waals surface area contributed by atoms with E-state index in [1.165, 1.54) is 26.4 Å². The highest BCUT2D eigenvalue weighted by molar-refractivity contribution is 5.81. The minimum absolute atomic E-state index is 0.0493. The Morgan fingerprint density at radius 1 is 0.897 bits per heavy atom. The summed E-state index contributed by atoms with van der Waals surface area (Å²) in [6, 6.07) is 0. The molecule has 7 nitrogen and oxygen atoms in total. The number of aliphatic hydroxyl groups is 1. The lowest BCUT2D eigenvalue weighted by Crippen LogP contribution is -2.59. The van der Waals surface area contributed by atoms with Gasteiger partial charge in [0.25, 0.3) is 0 Å². The third-order valence-corrected chi connectivity index (χ3v) is 12.7. The fourth-order valence-electron chi connectivity index (χ4n) is 9.87. The summed E-state index contributed by atoms with van der Waals surface area (Å²) in [6.07, 6.45) is 9.67. The summed E-state index contributed by atoms with van der Waals surface area (Å²) < 4.78 is 10.8. The van der Waals surface area contributed by atoms with Crippen molar-refractivity contribution in [2.75, 3.05) is 7.11 Å². The molecule has 0 aromatic rings. The molecule has 4 rings (SSSR count). The van der Waals surface area contributed by atoms with E-state index in [4.69, 9.17) is 14.7 Å². The smallest absolute Gasteiger partial charge is 0.309 e. The zero-order chi connectivity index (χ0) is 28.7. The maximum Gasteiger partial charge on any atom is 0.309 e. The van der Waals surface area contributed by atoms with Crippen LogP contribution in [-0.2, 0) is 24.0 Å². The summed E-state index contributed by atoms with van der Waals surface area (Å²) in [7, 11) is 1.35. The molecule has 4 fully saturated rings. The van der Waals surface area contributed by atoms with Crippen LogP contribution in [0.5, 0.6) is 0 Å². The van der Waals surface area contributed by atoms with Crippen LogP contribution in [0.2, 0.25) is 0 Å². The predicted octanol–water partition coefficient (Wildman–Crippen LogP) is 6.27. The lowest BCUT2D eigenvalue weighted by Gasteiger charge is -2.62. The third kappa shape index (κ3) is 5.53. The van der Waals surface area contributed by atoms with E-state index >= 15 is 0 Å². The number of fused-ring (bicyclic) bond motifs is 5. The lowest BCUT2D eigenvalue weighted by molar-refractivity contribution is -0.275. The number of rotatable bonds is 9. The summed E-state index contributed by atoms with van der Waals surface area (Å²) in [6.45, 7) is 12.5. The molecule has 0 spiro atoms. The Hall–Kier alpha value is -1.18. The van der Waals surface area contributed by atoms with Gasteiger partial charge in [-0.1, -0.05) is 34.6 Å². The summed E-state index contributed by atoms with van der Waals surface area (Å²) >= 11 is 0. The monoisotopic (exact) mass is 550 g/mol. The number of hydrogen-bond acceptors (Lipinski definition) is 7. The molecule has 7 heteroatoms. The molecule has 0 aliphatic heterocycles. The van der Waals surface area contributed by atoms with Crippen LogP contribution in [0, 0.1) is 58.2 Å². The molecule has 0 aromatic heterocycles. The molecule has 0 bridgehead atoms. The van der Waals surface area contributed by atoms with Gasteiger partial charge in [-0.05, 0) is 117 Å². The Morgan fingerprint density at radius 3 is 2.26 bits per heavy atom. The van der Waals surface area contributed by atoms with Crippen molar-refractivity contribution in [3.8, 4) is 0 Å². The first-order chi connectivity index (χ1) is 18.4. The van der Waals surface area contributed by atoms with E-state index in [0.717, 1.165) is 44.9 Å². The molecule has 4 aliphatic rings. The molecular formula is C32H54O7. The van der Waals surface area contributed by atoms with Gasteiger partial charge >= 0.3 is 11.9 Å². The normalized spacial score (nSPS) is 42.7. The Bertz CT molecular complexity index is 877. The minimum Gasteiger partial charge on any atom is -0.469 e. The van der Waals surface area contributed by atoms with Crippen LogP contribution >= 0.6 is 0 Å². The number of carbonyl (C=O) groups excluding carboxylic acids is 2. The van der Waals surface area contributed by atoms with E-state index in [-0.39, 0.29) is 41.1 Å². The van der Waals surface area contributed by atoms with Gasteiger partial charge in [-0.2, -0.15) is 0 Å². The summed E-state index contributed by atoms with van der Waals surface area (Å²) in [5.74, 6) is 1.47. The Kier molecular flexibility index (Phi) is 9.45. The van der Waals surface area contributed by atoms with Crippen LogP contribution in [0.25, 0.3) is 0 Å². The van der Waals surface area contributed by atoms with Crippen molar-refractivity contribution >= 4 is 11.9 Å². The van der Waals surface area contributed by atoms with Gasteiger partial charge in [0.15, 0.2) is 0 Å². The van der Waals surface area contributed by atoms with Crippen LogP contribution in [-0.4, -0.2) is 47.7 Å². The third-order valence-electron chi connectivity index (χ3n) is 12.7. The van der Waals surface area contributed by atoms with E-state index in [1.807, 2.05) is 6.92 Å². The van der Waals surface area contributed by atoms with Gasteiger partial charge in [-0.15, -0.1) is 0 Å². The fraction of sp³-hybridized carbons (Fsp3) is 0.938. The largest absolute Gasteiger partial charge is 0.469 e. The lowest BCUT2D eigenvalue weighted by atomic mass is 9.43. The van der Waals surface area contributed by atoms with Gasteiger partial charge in [-0.25, -0.2) is 4.89 Å². The van der Waals surface area contributed by atoms with Gasteiger partial charge in [0.1, 0.15) is 6.10 Å². The maximum atomic E-state index is 12.8. The van der Waals surface area contributed by atoms with Gasteiger partial charge in [0.2, 0.25) is 0 Å². The average Bonchev–Trinajstić information content (AvgIpc) is 3.29. The molecule has 4 saturated carbocycles. The van der Waals surface area contributed by atoms with Gasteiger partial charge in [0.05, 0.1) is 31.2 Å².